The van der Waals surface area contributed by atoms with Gasteiger partial charge in [-0.2, -0.15) is 0 Å². The molecule has 2 aromatic carbocycles. The van der Waals surface area contributed by atoms with Crippen LogP contribution in [0.4, 0.5) is 11.5 Å². The van der Waals surface area contributed by atoms with Crippen molar-refractivity contribution < 1.29 is 27.4 Å². The molecular weight excluding hydrogens is 410 g/mol. The summed E-state index contributed by atoms with van der Waals surface area (Å²) in [7, 11) is -1.49. The fourth-order valence-corrected chi connectivity index (χ4v) is 3.74. The topological polar surface area (TPSA) is 109 Å². The van der Waals surface area contributed by atoms with Crippen molar-refractivity contribution in [1.82, 2.24) is 9.97 Å². The van der Waals surface area contributed by atoms with E-state index in [-0.39, 0.29) is 19.2 Å². The molecule has 3 aromatic rings. The maximum absolute atomic E-state index is 11.3. The summed E-state index contributed by atoms with van der Waals surface area (Å²) >= 11 is 0. The largest absolute Gasteiger partial charge is 0.493 e. The molecule has 1 aliphatic rings. The molecule has 0 saturated carbocycles. The van der Waals surface area contributed by atoms with Crippen molar-refractivity contribution in [3.63, 3.8) is 0 Å². The summed E-state index contributed by atoms with van der Waals surface area (Å²) in [5.74, 6) is 2.92. The molecule has 30 heavy (non-hydrogen) atoms. The standard InChI is InChI=1S/C20H21N3O6S/c1-26-17-9-13-15(10-18(17)27-7-4-8-30(2,24)25)21-11-22-20(13)23-14-5-3-6-16-19(14)29-12-28-16/h3,5-6,9-11H,4,7-8,12H2,1-2H3,(H,21,22,23). The summed E-state index contributed by atoms with van der Waals surface area (Å²) in [5, 5.41) is 4.00. The molecule has 1 N–H and O–H groups in total. The van der Waals surface area contributed by atoms with Gasteiger partial charge in [-0.15, -0.1) is 0 Å². The highest BCUT2D eigenvalue weighted by molar-refractivity contribution is 7.90. The van der Waals surface area contributed by atoms with E-state index in [0.717, 1.165) is 11.1 Å². The van der Waals surface area contributed by atoms with Crippen molar-refractivity contribution in [2.24, 2.45) is 0 Å². The van der Waals surface area contributed by atoms with Gasteiger partial charge in [0.25, 0.3) is 0 Å². The van der Waals surface area contributed by atoms with Crippen LogP contribution in [0.15, 0.2) is 36.7 Å². The Morgan fingerprint density at radius 1 is 1.17 bits per heavy atom. The highest BCUT2D eigenvalue weighted by Gasteiger charge is 2.19. The van der Waals surface area contributed by atoms with E-state index in [9.17, 15) is 8.42 Å². The van der Waals surface area contributed by atoms with Gasteiger partial charge < -0.3 is 24.3 Å². The van der Waals surface area contributed by atoms with E-state index >= 15 is 0 Å². The first-order valence-electron chi connectivity index (χ1n) is 9.23. The molecule has 0 amide bonds. The molecule has 0 radical (unpaired) electrons. The lowest BCUT2D eigenvalue weighted by atomic mass is 10.2. The van der Waals surface area contributed by atoms with Gasteiger partial charge in [-0.05, 0) is 24.6 Å². The minimum absolute atomic E-state index is 0.0618. The molecule has 0 bridgehead atoms. The van der Waals surface area contributed by atoms with Crippen LogP contribution < -0.4 is 24.3 Å². The lowest BCUT2D eigenvalue weighted by Gasteiger charge is -2.14. The van der Waals surface area contributed by atoms with Crippen molar-refractivity contribution in [3.8, 4) is 23.0 Å². The zero-order valence-corrected chi connectivity index (χ0v) is 17.4. The maximum Gasteiger partial charge on any atom is 0.231 e. The number of hydrogen-bond acceptors (Lipinski definition) is 9. The molecule has 0 atom stereocenters. The van der Waals surface area contributed by atoms with E-state index in [4.69, 9.17) is 18.9 Å². The lowest BCUT2D eigenvalue weighted by molar-refractivity contribution is 0.174. The number of benzene rings is 2. The average Bonchev–Trinajstić information content (AvgIpc) is 3.20. The summed E-state index contributed by atoms with van der Waals surface area (Å²) in [6.07, 6.45) is 3.04. The number of sulfone groups is 1. The van der Waals surface area contributed by atoms with Gasteiger partial charge in [-0.1, -0.05) is 6.07 Å². The maximum atomic E-state index is 11.3. The van der Waals surface area contributed by atoms with Gasteiger partial charge in [0, 0.05) is 17.7 Å². The van der Waals surface area contributed by atoms with Crippen molar-refractivity contribution in [1.29, 1.82) is 0 Å². The van der Waals surface area contributed by atoms with Crippen LogP contribution in [0, 0.1) is 0 Å². The van der Waals surface area contributed by atoms with E-state index in [2.05, 4.69) is 15.3 Å². The van der Waals surface area contributed by atoms with Crippen LogP contribution >= 0.6 is 0 Å². The summed E-state index contributed by atoms with van der Waals surface area (Å²) in [6, 6.07) is 9.10. The minimum atomic E-state index is -3.03. The van der Waals surface area contributed by atoms with Gasteiger partial charge in [-0.25, -0.2) is 18.4 Å². The predicted octanol–water partition coefficient (Wildman–Crippen LogP) is 2.92. The molecule has 1 aliphatic heterocycles. The number of hydrogen-bond donors (Lipinski definition) is 1. The van der Waals surface area contributed by atoms with Crippen molar-refractivity contribution in [2.45, 2.75) is 6.42 Å². The van der Waals surface area contributed by atoms with Crippen LogP contribution in [0.3, 0.4) is 0 Å². The second kappa shape index (κ2) is 8.23. The molecule has 0 saturated heterocycles. The second-order valence-corrected chi connectivity index (χ2v) is 9.00. The third-order valence-electron chi connectivity index (χ3n) is 4.49. The van der Waals surface area contributed by atoms with Crippen LogP contribution in [0.5, 0.6) is 23.0 Å². The Morgan fingerprint density at radius 2 is 2.03 bits per heavy atom. The zero-order chi connectivity index (χ0) is 21.1. The van der Waals surface area contributed by atoms with Crippen LogP contribution in [0.25, 0.3) is 10.9 Å². The monoisotopic (exact) mass is 431 g/mol. The number of nitrogens with one attached hydrogen (secondary N) is 1. The summed E-state index contributed by atoms with van der Waals surface area (Å²) in [5.41, 5.74) is 1.38. The van der Waals surface area contributed by atoms with Crippen LogP contribution in [-0.2, 0) is 9.84 Å². The highest BCUT2D eigenvalue weighted by Crippen LogP contribution is 2.41. The quantitative estimate of drug-likeness (QED) is 0.538. The molecule has 1 aromatic heterocycles. The highest BCUT2D eigenvalue weighted by atomic mass is 32.2. The van der Waals surface area contributed by atoms with Gasteiger partial charge in [0.05, 0.1) is 30.7 Å². The van der Waals surface area contributed by atoms with Gasteiger partial charge in [-0.3, -0.25) is 0 Å². The molecule has 10 heteroatoms. The smallest absolute Gasteiger partial charge is 0.231 e. The van der Waals surface area contributed by atoms with Gasteiger partial charge in [0.15, 0.2) is 23.0 Å². The van der Waals surface area contributed by atoms with E-state index < -0.39 is 9.84 Å². The summed E-state index contributed by atoms with van der Waals surface area (Å²) in [4.78, 5) is 8.67. The Hall–Kier alpha value is -3.27. The first kappa shape index (κ1) is 20.0. The Bertz CT molecular complexity index is 1180. The van der Waals surface area contributed by atoms with Gasteiger partial charge in [0.2, 0.25) is 6.79 Å². The molecule has 0 spiro atoms. The van der Waals surface area contributed by atoms with E-state index in [1.165, 1.54) is 19.7 Å². The molecule has 158 valence electrons. The predicted molar refractivity (Wildman–Crippen MR) is 112 cm³/mol. The number of nitrogens with zero attached hydrogens (tertiary/aromatic N) is 2. The fraction of sp³-hybridized carbons (Fsp3) is 0.300. The first-order valence-corrected chi connectivity index (χ1v) is 11.3. The number of anilines is 2. The number of para-hydroxylation sites is 1. The number of aromatic nitrogens is 2. The second-order valence-electron chi connectivity index (χ2n) is 6.74. The zero-order valence-electron chi connectivity index (χ0n) is 16.5. The van der Waals surface area contributed by atoms with Gasteiger partial charge in [0.1, 0.15) is 22.0 Å². The van der Waals surface area contributed by atoms with Crippen molar-refractivity contribution in [3.05, 3.63) is 36.7 Å². The first-order chi connectivity index (χ1) is 14.4. The number of fused-ring (bicyclic) bond motifs is 2. The number of ether oxygens (including phenoxy) is 4. The Balaban J connectivity index is 1.61. The molecule has 2 heterocycles. The molecule has 0 fully saturated rings. The van der Waals surface area contributed by atoms with E-state index in [1.54, 1.807) is 12.1 Å². The molecular formula is C20H21N3O6S. The Morgan fingerprint density at radius 3 is 2.83 bits per heavy atom. The van der Waals surface area contributed by atoms with Crippen LogP contribution in [0.1, 0.15) is 6.42 Å². The molecule has 0 aliphatic carbocycles. The number of methoxy groups -OCH3 is 1. The SMILES string of the molecule is COc1cc2c(Nc3cccc4c3OCO4)ncnc2cc1OCCCS(C)(=O)=O. The Labute approximate surface area is 173 Å². The third-order valence-corrected chi connectivity index (χ3v) is 5.52. The van der Waals surface area contributed by atoms with Crippen molar-refractivity contribution >= 4 is 32.2 Å². The van der Waals surface area contributed by atoms with Crippen molar-refractivity contribution in [2.75, 3.05) is 37.8 Å². The van der Waals surface area contributed by atoms with Crippen LogP contribution in [0.2, 0.25) is 0 Å². The molecule has 9 nitrogen and oxygen atoms in total. The van der Waals surface area contributed by atoms with E-state index in [0.29, 0.717) is 40.8 Å². The third kappa shape index (κ3) is 4.33. The van der Waals surface area contributed by atoms with E-state index in [1.807, 2.05) is 18.2 Å². The summed E-state index contributed by atoms with van der Waals surface area (Å²) in [6.45, 7) is 0.422. The molecule has 4 rings (SSSR count). The number of rotatable bonds is 8. The van der Waals surface area contributed by atoms with Crippen LogP contribution in [-0.4, -0.2) is 50.9 Å². The fourth-order valence-electron chi connectivity index (χ4n) is 3.10. The van der Waals surface area contributed by atoms with Gasteiger partial charge >= 0.3 is 0 Å². The summed E-state index contributed by atoms with van der Waals surface area (Å²) < 4.78 is 44.7. The normalized spacial score (nSPS) is 12.7. The average molecular weight is 431 g/mol. The Kier molecular flexibility index (Phi) is 5.49. The molecule has 0 unspecified atom stereocenters. The minimum Gasteiger partial charge on any atom is -0.493 e. The lowest BCUT2D eigenvalue weighted by Crippen LogP contribution is -2.08.